The van der Waals surface area contributed by atoms with Crippen molar-refractivity contribution in [1.82, 2.24) is 5.32 Å². The van der Waals surface area contributed by atoms with Gasteiger partial charge in [0.2, 0.25) is 5.91 Å². The van der Waals surface area contributed by atoms with Crippen molar-refractivity contribution in [3.8, 4) is 0 Å². The zero-order chi connectivity index (χ0) is 25.6. The van der Waals surface area contributed by atoms with Crippen molar-refractivity contribution in [3.63, 3.8) is 0 Å². The molecule has 0 fully saturated rings. The van der Waals surface area contributed by atoms with Crippen LogP contribution in [0.5, 0.6) is 0 Å². The van der Waals surface area contributed by atoms with Crippen molar-refractivity contribution in [2.75, 3.05) is 13.2 Å². The number of ether oxygens (including phenoxy) is 2. The maximum absolute atomic E-state index is 11.9. The van der Waals surface area contributed by atoms with Crippen LogP contribution in [0.15, 0.2) is 36.5 Å². The molecule has 0 radical (unpaired) electrons. The molecule has 0 rings (SSSR count). The average molecular weight is 478 g/mol. The normalized spacial score (nSPS) is 11.7. The standard InChI is InChI=1S/C28H47NO5/c1-6-7-8-15-18-25(34-28(32)24(4)5)19-16-13-11-9-10-12-14-17-20-26(30)29-21-22-33-27(31)23(2)3/h13,16,25H,2,4,6-12,14-15,17-22H2,1,3,5H3,(H,29,30)/b16-13+. The predicted molar refractivity (Wildman–Crippen MR) is 138 cm³/mol. The first kappa shape index (κ1) is 31.6. The van der Waals surface area contributed by atoms with Crippen LogP contribution < -0.4 is 5.32 Å². The minimum absolute atomic E-state index is 0.00842. The van der Waals surface area contributed by atoms with E-state index in [2.05, 4.69) is 37.6 Å². The summed E-state index contributed by atoms with van der Waals surface area (Å²) in [6.45, 7) is 13.1. The second kappa shape index (κ2) is 21.2. The lowest BCUT2D eigenvalue weighted by Crippen LogP contribution is -2.27. The minimum Gasteiger partial charge on any atom is -0.460 e. The highest BCUT2D eigenvalue weighted by atomic mass is 16.5. The number of allylic oxidation sites excluding steroid dienone is 1. The molecule has 1 atom stereocenters. The molecule has 0 aliphatic heterocycles. The van der Waals surface area contributed by atoms with Gasteiger partial charge in [-0.1, -0.05) is 70.8 Å². The summed E-state index contributed by atoms with van der Waals surface area (Å²) in [4.78, 5) is 34.9. The number of hydrogen-bond acceptors (Lipinski definition) is 5. The molecular weight excluding hydrogens is 430 g/mol. The highest BCUT2D eigenvalue weighted by Gasteiger charge is 2.13. The summed E-state index contributed by atoms with van der Waals surface area (Å²) in [5.74, 6) is -0.739. The monoisotopic (exact) mass is 477 g/mol. The molecule has 0 aromatic rings. The topological polar surface area (TPSA) is 81.7 Å². The van der Waals surface area contributed by atoms with Gasteiger partial charge in [0.1, 0.15) is 12.7 Å². The molecule has 0 aliphatic carbocycles. The first-order valence-corrected chi connectivity index (χ1v) is 12.9. The Balaban J connectivity index is 3.83. The van der Waals surface area contributed by atoms with Crippen molar-refractivity contribution in [1.29, 1.82) is 0 Å². The lowest BCUT2D eigenvalue weighted by atomic mass is 10.1. The molecule has 0 saturated heterocycles. The maximum atomic E-state index is 11.9. The minimum atomic E-state index is -0.433. The molecule has 34 heavy (non-hydrogen) atoms. The predicted octanol–water partition coefficient (Wildman–Crippen LogP) is 6.36. The molecule has 6 nitrogen and oxygen atoms in total. The molecule has 1 N–H and O–H groups in total. The second-order valence-electron chi connectivity index (χ2n) is 8.94. The highest BCUT2D eigenvalue weighted by Crippen LogP contribution is 2.14. The van der Waals surface area contributed by atoms with Gasteiger partial charge in [0, 0.05) is 24.0 Å². The summed E-state index contributed by atoms with van der Waals surface area (Å²) in [7, 11) is 0. The van der Waals surface area contributed by atoms with Crippen molar-refractivity contribution in [2.45, 2.75) is 110 Å². The zero-order valence-electron chi connectivity index (χ0n) is 21.8. The summed E-state index contributed by atoms with van der Waals surface area (Å²) < 4.78 is 10.5. The summed E-state index contributed by atoms with van der Waals surface area (Å²) in [5.41, 5.74) is 0.803. The van der Waals surface area contributed by atoms with Gasteiger partial charge >= 0.3 is 11.9 Å². The van der Waals surface area contributed by atoms with Crippen LogP contribution in [-0.2, 0) is 23.9 Å². The van der Waals surface area contributed by atoms with Crippen molar-refractivity contribution >= 4 is 17.8 Å². The summed E-state index contributed by atoms with van der Waals surface area (Å²) >= 11 is 0. The molecule has 0 aromatic heterocycles. The number of esters is 2. The molecule has 1 unspecified atom stereocenters. The van der Waals surface area contributed by atoms with E-state index in [1.807, 2.05) is 0 Å². The van der Waals surface area contributed by atoms with Gasteiger partial charge in [-0.15, -0.1) is 0 Å². The van der Waals surface area contributed by atoms with Crippen LogP contribution in [0.4, 0.5) is 0 Å². The SMILES string of the molecule is C=C(C)C(=O)OCCNC(=O)CCCCCCC/C=C/CC(CCCCCC)OC(=O)C(=C)C. The molecule has 1 amide bonds. The Hall–Kier alpha value is -2.37. The molecule has 0 aliphatic rings. The van der Waals surface area contributed by atoms with Gasteiger partial charge in [-0.3, -0.25) is 4.79 Å². The van der Waals surface area contributed by atoms with E-state index in [4.69, 9.17) is 9.47 Å². The van der Waals surface area contributed by atoms with E-state index in [-0.39, 0.29) is 24.6 Å². The van der Waals surface area contributed by atoms with Crippen LogP contribution in [0.2, 0.25) is 0 Å². The zero-order valence-corrected chi connectivity index (χ0v) is 21.8. The highest BCUT2D eigenvalue weighted by molar-refractivity contribution is 5.87. The molecule has 0 heterocycles. The van der Waals surface area contributed by atoms with E-state index in [9.17, 15) is 14.4 Å². The molecule has 0 aromatic carbocycles. The number of amides is 1. The van der Waals surface area contributed by atoms with E-state index in [0.717, 1.165) is 57.8 Å². The molecule has 0 bridgehead atoms. The summed E-state index contributed by atoms with van der Waals surface area (Å²) in [6.07, 6.45) is 17.3. The Bertz CT molecular complexity index is 653. The van der Waals surface area contributed by atoms with E-state index >= 15 is 0 Å². The van der Waals surface area contributed by atoms with Gasteiger partial charge in [-0.25, -0.2) is 9.59 Å². The van der Waals surface area contributed by atoms with Gasteiger partial charge in [0.25, 0.3) is 0 Å². The molecular formula is C28H47NO5. The van der Waals surface area contributed by atoms with E-state index in [0.29, 0.717) is 24.1 Å². The Morgan fingerprint density at radius 2 is 1.50 bits per heavy atom. The third-order valence-electron chi connectivity index (χ3n) is 5.35. The Morgan fingerprint density at radius 3 is 2.18 bits per heavy atom. The van der Waals surface area contributed by atoms with Crippen molar-refractivity contribution < 1.29 is 23.9 Å². The van der Waals surface area contributed by atoms with Gasteiger partial charge < -0.3 is 14.8 Å². The molecule has 194 valence electrons. The fraction of sp³-hybridized carbons (Fsp3) is 0.679. The van der Waals surface area contributed by atoms with Crippen LogP contribution in [0.3, 0.4) is 0 Å². The third-order valence-corrected chi connectivity index (χ3v) is 5.35. The summed E-state index contributed by atoms with van der Waals surface area (Å²) in [6, 6.07) is 0. The van der Waals surface area contributed by atoms with E-state index in [1.165, 1.54) is 19.3 Å². The lowest BCUT2D eigenvalue weighted by Gasteiger charge is -2.16. The van der Waals surface area contributed by atoms with Crippen LogP contribution in [0, 0.1) is 0 Å². The van der Waals surface area contributed by atoms with Crippen LogP contribution in [0.1, 0.15) is 104 Å². The van der Waals surface area contributed by atoms with E-state index < -0.39 is 5.97 Å². The number of rotatable bonds is 21. The second-order valence-corrected chi connectivity index (χ2v) is 8.94. The number of nitrogens with one attached hydrogen (secondary N) is 1. The van der Waals surface area contributed by atoms with Gasteiger partial charge in [0.05, 0.1) is 6.54 Å². The van der Waals surface area contributed by atoms with Gasteiger partial charge in [-0.2, -0.15) is 0 Å². The Morgan fingerprint density at radius 1 is 0.853 bits per heavy atom. The number of hydrogen-bond donors (Lipinski definition) is 1. The molecule has 0 spiro atoms. The molecule has 0 saturated carbocycles. The van der Waals surface area contributed by atoms with Crippen molar-refractivity contribution in [3.05, 3.63) is 36.5 Å². The van der Waals surface area contributed by atoms with Gasteiger partial charge in [-0.05, 0) is 46.0 Å². The number of carbonyl (C=O) groups is 3. The number of unbranched alkanes of at least 4 members (excludes halogenated alkanes) is 8. The third kappa shape index (κ3) is 19.1. The van der Waals surface area contributed by atoms with E-state index in [1.54, 1.807) is 13.8 Å². The average Bonchev–Trinajstić information content (AvgIpc) is 2.79. The number of carbonyl (C=O) groups excluding carboxylic acids is 3. The molecule has 6 heteroatoms. The maximum Gasteiger partial charge on any atom is 0.333 e. The van der Waals surface area contributed by atoms with Gasteiger partial charge in [0.15, 0.2) is 0 Å². The van der Waals surface area contributed by atoms with Crippen LogP contribution >= 0.6 is 0 Å². The van der Waals surface area contributed by atoms with Crippen LogP contribution in [-0.4, -0.2) is 37.1 Å². The summed E-state index contributed by atoms with van der Waals surface area (Å²) in [5, 5.41) is 2.76. The quantitative estimate of drug-likeness (QED) is 0.0900. The Kier molecular flexibility index (Phi) is 19.7. The first-order valence-electron chi connectivity index (χ1n) is 12.9. The van der Waals surface area contributed by atoms with Crippen LogP contribution in [0.25, 0.3) is 0 Å². The lowest BCUT2D eigenvalue weighted by molar-refractivity contribution is -0.144. The fourth-order valence-electron chi connectivity index (χ4n) is 3.27. The van der Waals surface area contributed by atoms with Crippen molar-refractivity contribution in [2.24, 2.45) is 0 Å². The first-order chi connectivity index (χ1) is 16.3. The fourth-order valence-corrected chi connectivity index (χ4v) is 3.27. The Labute approximate surface area is 207 Å². The largest absolute Gasteiger partial charge is 0.460 e. The smallest absolute Gasteiger partial charge is 0.333 e.